The molecule has 0 radical (unpaired) electrons. The molecule has 0 saturated heterocycles. The predicted molar refractivity (Wildman–Crippen MR) is 124 cm³/mol. The normalized spacial score (nSPS) is 16.4. The minimum absolute atomic E-state index is 0.289. The molecule has 0 bridgehead atoms. The molecule has 0 saturated carbocycles. The molecule has 5 rings (SSSR count). The Balaban J connectivity index is 1.71. The maximum Gasteiger partial charge on any atom is 0.294 e. The molecule has 0 unspecified atom stereocenters. The average molecular weight is 427 g/mol. The number of halogens is 1. The first-order chi connectivity index (χ1) is 15.0. The van der Waals surface area contributed by atoms with E-state index in [1.165, 1.54) is 0 Å². The molecular weight excluding hydrogens is 408 g/mol. The lowest BCUT2D eigenvalue weighted by Crippen LogP contribution is -2.30. The fraction of sp³-hybridized carbons (Fsp3) is 0.0769. The summed E-state index contributed by atoms with van der Waals surface area (Å²) < 4.78 is 0. The summed E-state index contributed by atoms with van der Waals surface area (Å²) >= 11 is 6.11. The predicted octanol–water partition coefficient (Wildman–Crippen LogP) is 6.25. The van der Waals surface area contributed by atoms with Gasteiger partial charge in [0.25, 0.3) is 5.91 Å². The molecule has 3 aromatic carbocycles. The zero-order chi connectivity index (χ0) is 21.5. The number of amides is 1. The van der Waals surface area contributed by atoms with E-state index in [0.29, 0.717) is 22.0 Å². The third kappa shape index (κ3) is 3.35. The number of aryl methyl sites for hydroxylation is 1. The molecule has 0 aliphatic carbocycles. The minimum atomic E-state index is -0.527. The number of fused-ring (bicyclic) bond motifs is 1. The first kappa shape index (κ1) is 19.3. The zero-order valence-corrected chi connectivity index (χ0v) is 17.5. The minimum Gasteiger partial charge on any atom is -0.503 e. The van der Waals surface area contributed by atoms with Crippen molar-refractivity contribution < 1.29 is 9.90 Å². The van der Waals surface area contributed by atoms with Crippen molar-refractivity contribution in [2.24, 2.45) is 0 Å². The Hall–Kier alpha value is -3.63. The maximum atomic E-state index is 13.3. The summed E-state index contributed by atoms with van der Waals surface area (Å²) in [5.74, 6) is -0.739. The van der Waals surface area contributed by atoms with Crippen LogP contribution in [0.5, 0.6) is 0 Å². The van der Waals surface area contributed by atoms with Crippen molar-refractivity contribution in [3.05, 3.63) is 113 Å². The van der Waals surface area contributed by atoms with Crippen LogP contribution in [-0.4, -0.2) is 16.0 Å². The molecule has 4 aromatic rings. The van der Waals surface area contributed by atoms with Crippen molar-refractivity contribution in [1.82, 2.24) is 4.98 Å². The standard InChI is InChI=1S/C26H19ClN2O2/c1-16-6-13-20(14-7-16)29-24(18-8-11-19(27)12-9-18)23(25(30)26(29)31)22-15-10-17-4-2-3-5-21(17)28-22/h2-15,24,30H,1H3/t24-/m0/s1. The van der Waals surface area contributed by atoms with Gasteiger partial charge in [0.15, 0.2) is 5.76 Å². The van der Waals surface area contributed by atoms with Crippen LogP contribution in [0.15, 0.2) is 90.7 Å². The smallest absolute Gasteiger partial charge is 0.294 e. The number of rotatable bonds is 3. The van der Waals surface area contributed by atoms with E-state index in [4.69, 9.17) is 16.6 Å². The lowest BCUT2D eigenvalue weighted by molar-refractivity contribution is -0.117. The Morgan fingerprint density at radius 3 is 2.35 bits per heavy atom. The van der Waals surface area contributed by atoms with E-state index < -0.39 is 11.9 Å². The topological polar surface area (TPSA) is 53.4 Å². The number of benzene rings is 3. The molecule has 1 aliphatic rings. The van der Waals surface area contributed by atoms with Crippen molar-refractivity contribution in [1.29, 1.82) is 0 Å². The van der Waals surface area contributed by atoms with E-state index in [9.17, 15) is 9.90 Å². The molecule has 5 heteroatoms. The van der Waals surface area contributed by atoms with Crippen LogP contribution in [0, 0.1) is 6.92 Å². The molecule has 1 aromatic heterocycles. The van der Waals surface area contributed by atoms with Crippen molar-refractivity contribution in [3.63, 3.8) is 0 Å². The van der Waals surface area contributed by atoms with Gasteiger partial charge in [-0.1, -0.05) is 65.7 Å². The highest BCUT2D eigenvalue weighted by Gasteiger charge is 2.42. The number of nitrogens with zero attached hydrogens (tertiary/aromatic N) is 2. The van der Waals surface area contributed by atoms with Crippen LogP contribution in [0.2, 0.25) is 5.02 Å². The van der Waals surface area contributed by atoms with Gasteiger partial charge >= 0.3 is 0 Å². The highest BCUT2D eigenvalue weighted by Crippen LogP contribution is 2.45. The third-order valence-electron chi connectivity index (χ3n) is 5.58. The van der Waals surface area contributed by atoms with Gasteiger partial charge in [0, 0.05) is 16.1 Å². The van der Waals surface area contributed by atoms with Crippen LogP contribution in [0.4, 0.5) is 5.69 Å². The highest BCUT2D eigenvalue weighted by atomic mass is 35.5. The molecule has 1 amide bonds. The molecule has 4 nitrogen and oxygen atoms in total. The van der Waals surface area contributed by atoms with E-state index >= 15 is 0 Å². The number of para-hydroxylation sites is 1. The van der Waals surface area contributed by atoms with Gasteiger partial charge in [0.1, 0.15) is 0 Å². The van der Waals surface area contributed by atoms with Crippen LogP contribution in [-0.2, 0) is 4.79 Å². The number of aromatic nitrogens is 1. The van der Waals surface area contributed by atoms with Crippen LogP contribution >= 0.6 is 11.6 Å². The molecule has 1 aliphatic heterocycles. The van der Waals surface area contributed by atoms with E-state index in [1.54, 1.807) is 17.0 Å². The first-order valence-electron chi connectivity index (χ1n) is 9.98. The average Bonchev–Trinajstić information content (AvgIpc) is 3.05. The summed E-state index contributed by atoms with van der Waals surface area (Å²) in [4.78, 5) is 19.6. The van der Waals surface area contributed by atoms with Crippen molar-refractivity contribution >= 4 is 39.7 Å². The molecule has 0 fully saturated rings. The second kappa shape index (κ2) is 7.56. The van der Waals surface area contributed by atoms with E-state index in [2.05, 4.69) is 0 Å². The summed E-state index contributed by atoms with van der Waals surface area (Å²) in [7, 11) is 0. The quantitative estimate of drug-likeness (QED) is 0.421. The molecule has 152 valence electrons. The fourth-order valence-corrected chi connectivity index (χ4v) is 4.14. The number of aliphatic hydroxyl groups is 1. The second-order valence-electron chi connectivity index (χ2n) is 7.62. The largest absolute Gasteiger partial charge is 0.503 e. The van der Waals surface area contributed by atoms with Crippen molar-refractivity contribution in [3.8, 4) is 0 Å². The first-order valence-corrected chi connectivity index (χ1v) is 10.4. The molecular formula is C26H19ClN2O2. The lowest BCUT2D eigenvalue weighted by Gasteiger charge is -2.27. The number of hydrogen-bond donors (Lipinski definition) is 1. The monoisotopic (exact) mass is 426 g/mol. The van der Waals surface area contributed by atoms with Gasteiger partial charge in [0.2, 0.25) is 0 Å². The van der Waals surface area contributed by atoms with Crippen LogP contribution < -0.4 is 4.90 Å². The summed E-state index contributed by atoms with van der Waals surface area (Å²) in [5, 5.41) is 12.6. The van der Waals surface area contributed by atoms with Crippen LogP contribution in [0.25, 0.3) is 16.5 Å². The SMILES string of the molecule is Cc1ccc(N2C(=O)C(O)=C(c3ccc4ccccc4n3)[C@@H]2c2ccc(Cl)cc2)cc1. The number of aliphatic hydroxyl groups excluding tert-OH is 1. The van der Waals surface area contributed by atoms with E-state index in [-0.39, 0.29) is 5.76 Å². The Bertz CT molecular complexity index is 1330. The fourth-order valence-electron chi connectivity index (χ4n) is 4.02. The Kier molecular flexibility index (Phi) is 4.72. The summed E-state index contributed by atoms with van der Waals surface area (Å²) in [6, 6.07) is 26.1. The highest BCUT2D eigenvalue weighted by molar-refractivity contribution is 6.30. The van der Waals surface area contributed by atoms with Gasteiger partial charge in [-0.15, -0.1) is 0 Å². The van der Waals surface area contributed by atoms with Gasteiger partial charge in [-0.25, -0.2) is 4.98 Å². The number of carbonyl (C=O) groups is 1. The molecule has 0 spiro atoms. The molecule has 2 heterocycles. The summed E-state index contributed by atoms with van der Waals surface area (Å²) in [6.07, 6.45) is 0. The van der Waals surface area contributed by atoms with Crippen molar-refractivity contribution in [2.45, 2.75) is 13.0 Å². The van der Waals surface area contributed by atoms with Gasteiger partial charge in [-0.3, -0.25) is 9.69 Å². The molecule has 1 atom stereocenters. The van der Waals surface area contributed by atoms with E-state index in [0.717, 1.165) is 22.0 Å². The maximum absolute atomic E-state index is 13.3. The van der Waals surface area contributed by atoms with Crippen LogP contribution in [0.1, 0.15) is 22.9 Å². The Morgan fingerprint density at radius 2 is 1.61 bits per heavy atom. The van der Waals surface area contributed by atoms with Gasteiger partial charge in [-0.05, 0) is 48.9 Å². The molecule has 31 heavy (non-hydrogen) atoms. The summed E-state index contributed by atoms with van der Waals surface area (Å²) in [6.45, 7) is 1.99. The van der Waals surface area contributed by atoms with E-state index in [1.807, 2.05) is 79.7 Å². The lowest BCUT2D eigenvalue weighted by atomic mass is 9.95. The van der Waals surface area contributed by atoms with Gasteiger partial charge in [0.05, 0.1) is 22.8 Å². The second-order valence-corrected chi connectivity index (χ2v) is 8.05. The number of pyridine rings is 1. The van der Waals surface area contributed by atoms with Gasteiger partial charge in [-0.2, -0.15) is 0 Å². The number of hydrogen-bond acceptors (Lipinski definition) is 3. The summed E-state index contributed by atoms with van der Waals surface area (Å²) in [5.41, 5.74) is 4.49. The van der Waals surface area contributed by atoms with Crippen LogP contribution in [0.3, 0.4) is 0 Å². The number of anilines is 1. The Morgan fingerprint density at radius 1 is 0.903 bits per heavy atom. The Labute approximate surface area is 185 Å². The van der Waals surface area contributed by atoms with Gasteiger partial charge < -0.3 is 5.11 Å². The van der Waals surface area contributed by atoms with Crippen molar-refractivity contribution in [2.75, 3.05) is 4.90 Å². The number of carbonyl (C=O) groups excluding carboxylic acids is 1. The zero-order valence-electron chi connectivity index (χ0n) is 16.8. The molecule has 1 N–H and O–H groups in total. The third-order valence-corrected chi connectivity index (χ3v) is 5.83.